The summed E-state index contributed by atoms with van der Waals surface area (Å²) in [5.41, 5.74) is 5.47. The molecular weight excluding hydrogens is 256 g/mol. The molecule has 9 heteroatoms. The van der Waals surface area contributed by atoms with Crippen LogP contribution in [0.15, 0.2) is 5.16 Å². The Labute approximate surface area is 109 Å². The largest absolute Gasteiger partial charge is 0.341 e. The van der Waals surface area contributed by atoms with E-state index in [0.29, 0.717) is 11.0 Å². The lowest BCUT2D eigenvalue weighted by Gasteiger charge is -2.10. The number of hydrogen-bond donors (Lipinski definition) is 3. The minimum Gasteiger partial charge on any atom is -0.341 e. The van der Waals surface area contributed by atoms with Gasteiger partial charge in [-0.1, -0.05) is 11.8 Å². The molecule has 1 heterocycles. The van der Waals surface area contributed by atoms with Crippen LogP contribution in [0.5, 0.6) is 0 Å². The van der Waals surface area contributed by atoms with Gasteiger partial charge in [0.2, 0.25) is 5.91 Å². The molecule has 3 amide bonds. The van der Waals surface area contributed by atoms with Gasteiger partial charge in [0.05, 0.1) is 11.8 Å². The average Bonchev–Trinajstić information content (AvgIpc) is 2.70. The van der Waals surface area contributed by atoms with Crippen molar-refractivity contribution in [1.82, 2.24) is 25.4 Å². The maximum absolute atomic E-state index is 11.6. The first kappa shape index (κ1) is 14.5. The molecule has 8 nitrogen and oxygen atoms in total. The third kappa shape index (κ3) is 3.44. The van der Waals surface area contributed by atoms with Crippen molar-refractivity contribution in [2.24, 2.45) is 12.8 Å². The Balaban J connectivity index is 2.63. The van der Waals surface area contributed by atoms with Crippen molar-refractivity contribution in [3.05, 3.63) is 5.82 Å². The number of nitrogens with one attached hydrogen (secondary N) is 2. The fraction of sp³-hybridized carbons (Fsp3) is 0.556. The molecular formula is C9H16N6O2S. The lowest BCUT2D eigenvalue weighted by Crippen LogP contribution is -2.41. The molecule has 1 aromatic rings. The summed E-state index contributed by atoms with van der Waals surface area (Å²) in [6.45, 7) is 1.96. The average molecular weight is 272 g/mol. The fourth-order valence-electron chi connectivity index (χ4n) is 1.11. The molecule has 18 heavy (non-hydrogen) atoms. The van der Waals surface area contributed by atoms with E-state index in [2.05, 4.69) is 20.8 Å². The van der Waals surface area contributed by atoms with Crippen LogP contribution in [-0.4, -0.2) is 39.0 Å². The Bertz CT molecular complexity index is 446. The SMILES string of the molecule is CNC(=O)NC(=O)C(C)Sc1nnc(CN)n1C. The number of aromatic nitrogens is 3. The van der Waals surface area contributed by atoms with E-state index < -0.39 is 17.2 Å². The van der Waals surface area contributed by atoms with Crippen LogP contribution in [0, 0.1) is 0 Å². The van der Waals surface area contributed by atoms with Crippen molar-refractivity contribution < 1.29 is 9.59 Å². The maximum Gasteiger partial charge on any atom is 0.321 e. The van der Waals surface area contributed by atoms with Gasteiger partial charge in [0, 0.05) is 14.1 Å². The number of nitrogens with two attached hydrogens (primary N) is 1. The highest BCUT2D eigenvalue weighted by Crippen LogP contribution is 2.21. The summed E-state index contributed by atoms with van der Waals surface area (Å²) < 4.78 is 1.72. The van der Waals surface area contributed by atoms with Gasteiger partial charge < -0.3 is 15.6 Å². The summed E-state index contributed by atoms with van der Waals surface area (Å²) in [6, 6.07) is -0.534. The quantitative estimate of drug-likeness (QED) is 0.619. The number of rotatable bonds is 4. The number of hydrogen-bond acceptors (Lipinski definition) is 6. The lowest BCUT2D eigenvalue weighted by atomic mass is 10.4. The molecule has 0 spiro atoms. The Hall–Kier alpha value is -1.61. The van der Waals surface area contributed by atoms with Crippen molar-refractivity contribution in [1.29, 1.82) is 0 Å². The van der Waals surface area contributed by atoms with E-state index in [-0.39, 0.29) is 6.54 Å². The first-order valence-electron chi connectivity index (χ1n) is 5.27. The summed E-state index contributed by atoms with van der Waals surface area (Å²) >= 11 is 1.21. The second-order valence-electron chi connectivity index (χ2n) is 3.49. The first-order chi connectivity index (χ1) is 8.49. The monoisotopic (exact) mass is 272 g/mol. The summed E-state index contributed by atoms with van der Waals surface area (Å²) in [5.74, 6) is 0.244. The molecule has 0 bridgehead atoms. The smallest absolute Gasteiger partial charge is 0.321 e. The molecule has 0 fully saturated rings. The van der Waals surface area contributed by atoms with Crippen molar-refractivity contribution in [2.45, 2.75) is 23.9 Å². The van der Waals surface area contributed by atoms with Crippen LogP contribution in [0.25, 0.3) is 0 Å². The van der Waals surface area contributed by atoms with Gasteiger partial charge in [0.15, 0.2) is 5.16 Å². The predicted molar refractivity (Wildman–Crippen MR) is 66.8 cm³/mol. The molecule has 100 valence electrons. The van der Waals surface area contributed by atoms with Crippen LogP contribution in [-0.2, 0) is 18.4 Å². The number of amides is 3. The van der Waals surface area contributed by atoms with E-state index in [1.54, 1.807) is 18.5 Å². The van der Waals surface area contributed by atoms with E-state index in [1.807, 2.05) is 0 Å². The van der Waals surface area contributed by atoms with E-state index >= 15 is 0 Å². The normalized spacial score (nSPS) is 12.0. The van der Waals surface area contributed by atoms with Gasteiger partial charge in [0.25, 0.3) is 0 Å². The van der Waals surface area contributed by atoms with Gasteiger partial charge in [-0.15, -0.1) is 10.2 Å². The Morgan fingerprint density at radius 1 is 1.50 bits per heavy atom. The highest BCUT2D eigenvalue weighted by molar-refractivity contribution is 8.00. The van der Waals surface area contributed by atoms with Crippen molar-refractivity contribution in [2.75, 3.05) is 7.05 Å². The van der Waals surface area contributed by atoms with Crippen LogP contribution in [0.2, 0.25) is 0 Å². The molecule has 1 unspecified atom stereocenters. The van der Waals surface area contributed by atoms with Crippen molar-refractivity contribution in [3.8, 4) is 0 Å². The van der Waals surface area contributed by atoms with Crippen molar-refractivity contribution in [3.63, 3.8) is 0 Å². The van der Waals surface area contributed by atoms with Gasteiger partial charge >= 0.3 is 6.03 Å². The standard InChI is InChI=1S/C9H16N6O2S/c1-5(7(16)12-8(17)11-2)18-9-14-13-6(4-10)15(9)3/h5H,4,10H2,1-3H3,(H2,11,12,16,17). The number of carbonyl (C=O) groups is 2. The Morgan fingerprint density at radius 3 is 2.67 bits per heavy atom. The molecule has 0 aliphatic rings. The van der Waals surface area contributed by atoms with Crippen LogP contribution >= 0.6 is 11.8 Å². The number of urea groups is 1. The number of carbonyl (C=O) groups excluding carboxylic acids is 2. The molecule has 0 aromatic carbocycles. The third-order valence-corrected chi connectivity index (χ3v) is 3.36. The molecule has 0 saturated carbocycles. The van der Waals surface area contributed by atoms with Gasteiger partial charge in [0.1, 0.15) is 5.82 Å². The first-order valence-corrected chi connectivity index (χ1v) is 6.15. The van der Waals surface area contributed by atoms with Crippen LogP contribution in [0.3, 0.4) is 0 Å². The minimum absolute atomic E-state index is 0.281. The second kappa shape index (κ2) is 6.36. The summed E-state index contributed by atoms with van der Waals surface area (Å²) in [5, 5.41) is 12.4. The van der Waals surface area contributed by atoms with Crippen LogP contribution in [0.4, 0.5) is 4.79 Å². The van der Waals surface area contributed by atoms with Crippen molar-refractivity contribution >= 4 is 23.7 Å². The Kier molecular flexibility index (Phi) is 5.10. The number of nitrogens with zero attached hydrogens (tertiary/aromatic N) is 3. The molecule has 1 aromatic heterocycles. The molecule has 4 N–H and O–H groups in total. The van der Waals surface area contributed by atoms with Gasteiger partial charge in [-0.3, -0.25) is 10.1 Å². The number of thioether (sulfide) groups is 1. The van der Waals surface area contributed by atoms with Gasteiger partial charge in [-0.25, -0.2) is 4.79 Å². The zero-order valence-electron chi connectivity index (χ0n) is 10.4. The highest BCUT2D eigenvalue weighted by Gasteiger charge is 2.19. The van der Waals surface area contributed by atoms with Gasteiger partial charge in [-0.05, 0) is 6.92 Å². The topological polar surface area (TPSA) is 115 Å². The third-order valence-electron chi connectivity index (χ3n) is 2.22. The van der Waals surface area contributed by atoms with E-state index in [1.165, 1.54) is 18.8 Å². The highest BCUT2D eigenvalue weighted by atomic mass is 32.2. The van der Waals surface area contributed by atoms with Crippen LogP contribution < -0.4 is 16.4 Å². The van der Waals surface area contributed by atoms with E-state index in [4.69, 9.17) is 5.73 Å². The second-order valence-corrected chi connectivity index (χ2v) is 4.80. The van der Waals surface area contributed by atoms with E-state index in [0.717, 1.165) is 0 Å². The van der Waals surface area contributed by atoms with Crippen LogP contribution in [0.1, 0.15) is 12.7 Å². The molecule has 1 atom stereocenters. The van der Waals surface area contributed by atoms with E-state index in [9.17, 15) is 9.59 Å². The summed E-state index contributed by atoms with van der Waals surface area (Å²) in [4.78, 5) is 22.6. The molecule has 0 saturated heterocycles. The molecule has 0 aliphatic carbocycles. The molecule has 1 rings (SSSR count). The predicted octanol–water partition coefficient (Wildman–Crippen LogP) is -0.790. The number of imide groups is 1. The molecule has 0 radical (unpaired) electrons. The zero-order valence-corrected chi connectivity index (χ0v) is 11.2. The molecule has 0 aliphatic heterocycles. The summed E-state index contributed by atoms with van der Waals surface area (Å²) in [6.07, 6.45) is 0. The fourth-order valence-corrected chi connectivity index (χ4v) is 1.95. The summed E-state index contributed by atoms with van der Waals surface area (Å²) in [7, 11) is 3.21. The minimum atomic E-state index is -0.534. The lowest BCUT2D eigenvalue weighted by molar-refractivity contribution is -0.119. The van der Waals surface area contributed by atoms with Gasteiger partial charge in [-0.2, -0.15) is 0 Å². The Morgan fingerprint density at radius 2 is 2.17 bits per heavy atom. The zero-order chi connectivity index (χ0) is 13.7. The maximum atomic E-state index is 11.6.